The second kappa shape index (κ2) is 8.31. The SMILES string of the molecule is CCCC[Si](CC(C)(C)[Si](C)C)(c1ccccc1)c1ccccc1. The molecule has 0 amide bonds. The molecule has 2 rings (SSSR count). The molecule has 0 N–H and O–H groups in total. The Labute approximate surface area is 151 Å². The molecule has 0 fully saturated rings. The Morgan fingerprint density at radius 1 is 0.833 bits per heavy atom. The van der Waals surface area contributed by atoms with Gasteiger partial charge in [0.1, 0.15) is 8.07 Å². The summed E-state index contributed by atoms with van der Waals surface area (Å²) < 4.78 is 0. The van der Waals surface area contributed by atoms with E-state index in [9.17, 15) is 0 Å². The molecular formula is C22H33Si2. The summed E-state index contributed by atoms with van der Waals surface area (Å²) in [5, 5.41) is 3.71. The molecule has 1 radical (unpaired) electrons. The number of benzene rings is 2. The molecule has 0 saturated heterocycles. The van der Waals surface area contributed by atoms with Crippen molar-refractivity contribution in [3.05, 3.63) is 60.7 Å². The highest BCUT2D eigenvalue weighted by molar-refractivity contribution is 7.03. The fourth-order valence-corrected chi connectivity index (χ4v) is 11.6. The van der Waals surface area contributed by atoms with Crippen LogP contribution in [0.5, 0.6) is 0 Å². The van der Waals surface area contributed by atoms with Crippen molar-refractivity contribution in [2.75, 3.05) is 0 Å². The maximum atomic E-state index is 2.51. The number of unbranched alkanes of at least 4 members (excludes halogenated alkanes) is 1. The third-order valence-electron chi connectivity index (χ3n) is 5.71. The lowest BCUT2D eigenvalue weighted by Gasteiger charge is -2.41. The average Bonchev–Trinajstić information content (AvgIpc) is 2.60. The van der Waals surface area contributed by atoms with Crippen LogP contribution in [0, 0.1) is 0 Å². The number of hydrogen-bond donors (Lipinski definition) is 0. The Hall–Kier alpha value is -1.13. The van der Waals surface area contributed by atoms with Crippen molar-refractivity contribution in [2.45, 2.75) is 63.8 Å². The third-order valence-corrected chi connectivity index (χ3v) is 14.5. The summed E-state index contributed by atoms with van der Waals surface area (Å²) in [6, 6.07) is 25.6. The molecule has 0 aromatic heterocycles. The standard InChI is InChI=1S/C22H33Si2/c1-6-7-18-24(19-22(2,3)23(4)5,20-14-10-8-11-15-20)21-16-12-9-13-17-21/h8-17H,6-7,18-19H2,1-5H3. The quantitative estimate of drug-likeness (QED) is 0.543. The molecule has 0 aliphatic carbocycles. The molecule has 0 unspecified atom stereocenters. The Balaban J connectivity index is 2.60. The minimum atomic E-state index is -1.74. The molecule has 0 spiro atoms. The minimum absolute atomic E-state index is 0.347. The highest BCUT2D eigenvalue weighted by Crippen LogP contribution is 2.40. The van der Waals surface area contributed by atoms with E-state index in [0.29, 0.717) is 5.04 Å². The van der Waals surface area contributed by atoms with Gasteiger partial charge in [-0.3, -0.25) is 0 Å². The minimum Gasteiger partial charge on any atom is -0.0709 e. The zero-order valence-corrected chi connectivity index (χ0v) is 18.1. The van der Waals surface area contributed by atoms with Crippen molar-refractivity contribution in [3.8, 4) is 0 Å². The summed E-state index contributed by atoms with van der Waals surface area (Å²) in [5.74, 6) is 0. The molecule has 0 aliphatic rings. The van der Waals surface area contributed by atoms with Crippen molar-refractivity contribution in [1.29, 1.82) is 0 Å². The summed E-state index contributed by atoms with van der Waals surface area (Å²) in [7, 11) is -2.09. The summed E-state index contributed by atoms with van der Waals surface area (Å²) in [6.45, 7) is 12.3. The maximum Gasteiger partial charge on any atom is 0.118 e. The fraction of sp³-hybridized carbons (Fsp3) is 0.455. The van der Waals surface area contributed by atoms with E-state index in [2.05, 4.69) is 94.5 Å². The van der Waals surface area contributed by atoms with Crippen LogP contribution in [-0.4, -0.2) is 16.9 Å². The van der Waals surface area contributed by atoms with Gasteiger partial charge in [-0.1, -0.05) is 118 Å². The van der Waals surface area contributed by atoms with Crippen LogP contribution in [0.3, 0.4) is 0 Å². The molecule has 2 heteroatoms. The summed E-state index contributed by atoms with van der Waals surface area (Å²) in [4.78, 5) is 0. The van der Waals surface area contributed by atoms with Crippen molar-refractivity contribution >= 4 is 27.2 Å². The fourth-order valence-electron chi connectivity index (χ4n) is 3.67. The molecule has 0 bridgehead atoms. The topological polar surface area (TPSA) is 0 Å². The van der Waals surface area contributed by atoms with Gasteiger partial charge >= 0.3 is 0 Å². The van der Waals surface area contributed by atoms with Gasteiger partial charge in [-0.15, -0.1) is 0 Å². The molecule has 2 aromatic rings. The first-order chi connectivity index (χ1) is 11.4. The molecule has 24 heavy (non-hydrogen) atoms. The van der Waals surface area contributed by atoms with E-state index in [1.807, 2.05) is 0 Å². The number of rotatable bonds is 8. The van der Waals surface area contributed by atoms with Gasteiger partial charge in [0.05, 0.1) is 0 Å². The largest absolute Gasteiger partial charge is 0.118 e. The Kier molecular flexibility index (Phi) is 6.65. The predicted molar refractivity (Wildman–Crippen MR) is 114 cm³/mol. The predicted octanol–water partition coefficient (Wildman–Crippen LogP) is 5.58. The highest BCUT2D eigenvalue weighted by Gasteiger charge is 2.42. The third kappa shape index (κ3) is 4.28. The van der Waals surface area contributed by atoms with Gasteiger partial charge in [0, 0.05) is 8.80 Å². The molecular weight excluding hydrogens is 320 g/mol. The average molecular weight is 354 g/mol. The molecule has 0 aliphatic heterocycles. The zero-order valence-electron chi connectivity index (χ0n) is 16.1. The van der Waals surface area contributed by atoms with Crippen molar-refractivity contribution in [3.63, 3.8) is 0 Å². The van der Waals surface area contributed by atoms with Crippen LogP contribution in [-0.2, 0) is 0 Å². The van der Waals surface area contributed by atoms with Crippen molar-refractivity contribution in [2.24, 2.45) is 0 Å². The summed E-state index contributed by atoms with van der Waals surface area (Å²) >= 11 is 0. The van der Waals surface area contributed by atoms with E-state index in [1.54, 1.807) is 10.4 Å². The van der Waals surface area contributed by atoms with E-state index in [1.165, 1.54) is 24.9 Å². The van der Waals surface area contributed by atoms with Gasteiger partial charge in [0.2, 0.25) is 0 Å². The first-order valence-corrected chi connectivity index (χ1v) is 14.3. The normalized spacial score (nSPS) is 12.6. The van der Waals surface area contributed by atoms with E-state index in [0.717, 1.165) is 0 Å². The second-order valence-corrected chi connectivity index (χ2v) is 15.5. The van der Waals surface area contributed by atoms with Crippen LogP contribution in [0.15, 0.2) is 60.7 Å². The van der Waals surface area contributed by atoms with E-state index in [-0.39, 0.29) is 8.80 Å². The first kappa shape index (κ1) is 19.2. The van der Waals surface area contributed by atoms with Gasteiger partial charge < -0.3 is 0 Å². The smallest absolute Gasteiger partial charge is 0.0709 e. The van der Waals surface area contributed by atoms with Crippen molar-refractivity contribution in [1.82, 2.24) is 0 Å². The van der Waals surface area contributed by atoms with Gasteiger partial charge in [0.15, 0.2) is 0 Å². The molecule has 129 valence electrons. The Bertz CT molecular complexity index is 563. The lowest BCUT2D eigenvalue weighted by Crippen LogP contribution is -2.60. The summed E-state index contributed by atoms with van der Waals surface area (Å²) in [6.07, 6.45) is 2.62. The number of hydrogen-bond acceptors (Lipinski definition) is 0. The van der Waals surface area contributed by atoms with Crippen LogP contribution in [0.2, 0.25) is 30.2 Å². The molecule has 0 nitrogen and oxygen atoms in total. The van der Waals surface area contributed by atoms with Gasteiger partial charge in [-0.25, -0.2) is 0 Å². The van der Waals surface area contributed by atoms with Crippen LogP contribution >= 0.6 is 0 Å². The molecule has 0 atom stereocenters. The van der Waals surface area contributed by atoms with Gasteiger partial charge in [0.25, 0.3) is 0 Å². The lowest BCUT2D eigenvalue weighted by molar-refractivity contribution is 0.722. The lowest BCUT2D eigenvalue weighted by atomic mass is 10.2. The summed E-state index contributed by atoms with van der Waals surface area (Å²) in [5.41, 5.74) is 0. The van der Waals surface area contributed by atoms with Crippen LogP contribution < -0.4 is 10.4 Å². The van der Waals surface area contributed by atoms with Gasteiger partial charge in [-0.05, 0) is 17.1 Å². The van der Waals surface area contributed by atoms with Crippen LogP contribution in [0.4, 0.5) is 0 Å². The van der Waals surface area contributed by atoms with E-state index in [4.69, 9.17) is 0 Å². The van der Waals surface area contributed by atoms with Crippen LogP contribution in [0.25, 0.3) is 0 Å². The maximum absolute atomic E-state index is 2.51. The van der Waals surface area contributed by atoms with Gasteiger partial charge in [-0.2, -0.15) is 0 Å². The van der Waals surface area contributed by atoms with E-state index < -0.39 is 8.07 Å². The zero-order chi connectivity index (χ0) is 17.6. The second-order valence-electron chi connectivity index (χ2n) is 7.98. The Morgan fingerprint density at radius 2 is 1.29 bits per heavy atom. The molecule has 0 heterocycles. The van der Waals surface area contributed by atoms with E-state index >= 15 is 0 Å². The van der Waals surface area contributed by atoms with Crippen LogP contribution in [0.1, 0.15) is 33.6 Å². The monoisotopic (exact) mass is 353 g/mol. The molecule has 0 saturated carbocycles. The Morgan fingerprint density at radius 3 is 1.67 bits per heavy atom. The molecule has 2 aromatic carbocycles. The highest BCUT2D eigenvalue weighted by atomic mass is 28.3. The van der Waals surface area contributed by atoms with Crippen molar-refractivity contribution < 1.29 is 0 Å². The first-order valence-electron chi connectivity index (χ1n) is 9.34.